The van der Waals surface area contributed by atoms with Gasteiger partial charge in [-0.15, -0.1) is 5.10 Å². The fourth-order valence-corrected chi connectivity index (χ4v) is 2.91. The van der Waals surface area contributed by atoms with Gasteiger partial charge in [-0.1, -0.05) is 31.2 Å². The van der Waals surface area contributed by atoms with Gasteiger partial charge in [0.15, 0.2) is 5.65 Å². The maximum Gasteiger partial charge on any atom is 0.350 e. The summed E-state index contributed by atoms with van der Waals surface area (Å²) in [4.78, 5) is 14.5. The maximum atomic E-state index is 12.4. The second-order valence-corrected chi connectivity index (χ2v) is 5.71. The number of aromatic nitrogens is 3. The molecule has 0 spiro atoms. The predicted molar refractivity (Wildman–Crippen MR) is 94.4 cm³/mol. The van der Waals surface area contributed by atoms with Crippen LogP contribution in [0.3, 0.4) is 0 Å². The molecule has 0 radical (unpaired) electrons. The molecular formula is C18H22N4O2. The molecule has 6 heteroatoms. The summed E-state index contributed by atoms with van der Waals surface area (Å²) in [6.45, 7) is 3.19. The smallest absolute Gasteiger partial charge is 0.350 e. The van der Waals surface area contributed by atoms with E-state index in [4.69, 9.17) is 0 Å². The van der Waals surface area contributed by atoms with Gasteiger partial charge in [0.25, 0.3) is 0 Å². The molecule has 1 aromatic carbocycles. The van der Waals surface area contributed by atoms with Gasteiger partial charge in [-0.3, -0.25) is 4.40 Å². The number of para-hydroxylation sites is 1. The van der Waals surface area contributed by atoms with Gasteiger partial charge in [0.1, 0.15) is 0 Å². The Morgan fingerprint density at radius 2 is 1.92 bits per heavy atom. The molecule has 2 heterocycles. The Hall–Kier alpha value is -2.60. The molecule has 3 aromatic rings. The van der Waals surface area contributed by atoms with Gasteiger partial charge in [0, 0.05) is 18.4 Å². The van der Waals surface area contributed by atoms with E-state index in [2.05, 4.69) is 10.00 Å². The van der Waals surface area contributed by atoms with Crippen LogP contribution in [0.4, 0.5) is 5.69 Å². The van der Waals surface area contributed by atoms with E-state index >= 15 is 0 Å². The van der Waals surface area contributed by atoms with Gasteiger partial charge >= 0.3 is 5.69 Å². The van der Waals surface area contributed by atoms with Crippen molar-refractivity contribution in [3.8, 4) is 0 Å². The Morgan fingerprint density at radius 1 is 1.17 bits per heavy atom. The first kappa shape index (κ1) is 16.3. The number of fused-ring (bicyclic) bond motifs is 1. The standard InChI is InChI=1S/C18H22N4O2/c1-2-15(14-23)20(16-8-4-3-5-9-16)12-13-22-18(24)21-11-7-6-10-17(21)19-22/h3-11,15,23H,2,12-14H2,1H3. The van der Waals surface area contributed by atoms with Crippen molar-refractivity contribution < 1.29 is 5.11 Å². The van der Waals surface area contributed by atoms with Crippen molar-refractivity contribution in [2.75, 3.05) is 18.1 Å². The lowest BCUT2D eigenvalue weighted by Gasteiger charge is -2.32. The zero-order valence-corrected chi connectivity index (χ0v) is 13.7. The SMILES string of the molecule is CCC(CO)N(CCn1nc2ccccn2c1=O)c1ccccc1. The van der Waals surface area contributed by atoms with Crippen molar-refractivity contribution in [2.24, 2.45) is 0 Å². The topological polar surface area (TPSA) is 62.8 Å². The summed E-state index contributed by atoms with van der Waals surface area (Å²) in [7, 11) is 0. The van der Waals surface area contributed by atoms with E-state index in [9.17, 15) is 9.90 Å². The third-order valence-corrected chi connectivity index (χ3v) is 4.25. The third kappa shape index (κ3) is 3.19. The van der Waals surface area contributed by atoms with Crippen LogP contribution in [-0.4, -0.2) is 38.5 Å². The summed E-state index contributed by atoms with van der Waals surface area (Å²) in [6, 6.07) is 15.5. The highest BCUT2D eigenvalue weighted by molar-refractivity contribution is 5.47. The van der Waals surface area contributed by atoms with Gasteiger partial charge in [0.05, 0.1) is 19.2 Å². The zero-order valence-electron chi connectivity index (χ0n) is 13.7. The summed E-state index contributed by atoms with van der Waals surface area (Å²) in [5, 5.41) is 14.1. The number of anilines is 1. The molecule has 0 aliphatic carbocycles. The van der Waals surface area contributed by atoms with Crippen LogP contribution in [0.15, 0.2) is 59.5 Å². The van der Waals surface area contributed by atoms with E-state index in [1.165, 1.54) is 9.08 Å². The molecule has 6 nitrogen and oxygen atoms in total. The first-order chi connectivity index (χ1) is 11.7. The lowest BCUT2D eigenvalue weighted by Crippen LogP contribution is -2.41. The predicted octanol–water partition coefficient (Wildman–Crippen LogP) is 1.77. The van der Waals surface area contributed by atoms with Crippen molar-refractivity contribution in [1.29, 1.82) is 0 Å². The van der Waals surface area contributed by atoms with Gasteiger partial charge in [0.2, 0.25) is 0 Å². The molecular weight excluding hydrogens is 304 g/mol. The fourth-order valence-electron chi connectivity index (χ4n) is 2.91. The third-order valence-electron chi connectivity index (χ3n) is 4.25. The van der Waals surface area contributed by atoms with E-state index < -0.39 is 0 Å². The normalized spacial score (nSPS) is 12.4. The van der Waals surface area contributed by atoms with Crippen molar-refractivity contribution in [1.82, 2.24) is 14.2 Å². The molecule has 24 heavy (non-hydrogen) atoms. The average molecular weight is 326 g/mol. The highest BCUT2D eigenvalue weighted by Crippen LogP contribution is 2.18. The molecule has 0 saturated carbocycles. The van der Waals surface area contributed by atoms with Crippen LogP contribution in [0.1, 0.15) is 13.3 Å². The van der Waals surface area contributed by atoms with Crippen molar-refractivity contribution in [3.63, 3.8) is 0 Å². The highest BCUT2D eigenvalue weighted by Gasteiger charge is 2.17. The zero-order chi connectivity index (χ0) is 16.9. The minimum Gasteiger partial charge on any atom is -0.394 e. The van der Waals surface area contributed by atoms with E-state index in [-0.39, 0.29) is 18.3 Å². The Kier molecular flexibility index (Phi) is 4.96. The fraction of sp³-hybridized carbons (Fsp3) is 0.333. The molecule has 1 unspecified atom stereocenters. The molecule has 0 saturated heterocycles. The molecule has 2 aromatic heterocycles. The van der Waals surface area contributed by atoms with E-state index in [0.29, 0.717) is 18.7 Å². The Bertz CT molecular complexity index is 837. The van der Waals surface area contributed by atoms with Crippen LogP contribution >= 0.6 is 0 Å². The minimum atomic E-state index is -0.143. The summed E-state index contributed by atoms with van der Waals surface area (Å²) >= 11 is 0. The summed E-state index contributed by atoms with van der Waals surface area (Å²) < 4.78 is 3.02. The van der Waals surface area contributed by atoms with E-state index in [0.717, 1.165) is 12.1 Å². The van der Waals surface area contributed by atoms with Crippen LogP contribution < -0.4 is 10.6 Å². The molecule has 1 atom stereocenters. The molecule has 0 bridgehead atoms. The monoisotopic (exact) mass is 326 g/mol. The number of hydrogen-bond donors (Lipinski definition) is 1. The van der Waals surface area contributed by atoms with Crippen LogP contribution in [0.2, 0.25) is 0 Å². The number of aliphatic hydroxyl groups excluding tert-OH is 1. The maximum absolute atomic E-state index is 12.4. The first-order valence-electron chi connectivity index (χ1n) is 8.21. The number of benzene rings is 1. The molecule has 1 N–H and O–H groups in total. The van der Waals surface area contributed by atoms with E-state index in [1.54, 1.807) is 6.20 Å². The minimum absolute atomic E-state index is 0.0140. The van der Waals surface area contributed by atoms with Crippen LogP contribution in [0, 0.1) is 0 Å². The number of rotatable bonds is 7. The lowest BCUT2D eigenvalue weighted by molar-refractivity contribution is 0.254. The largest absolute Gasteiger partial charge is 0.394 e. The number of aliphatic hydroxyl groups is 1. The van der Waals surface area contributed by atoms with Crippen LogP contribution in [-0.2, 0) is 6.54 Å². The molecule has 0 fully saturated rings. The van der Waals surface area contributed by atoms with Gasteiger partial charge in [-0.05, 0) is 30.7 Å². The van der Waals surface area contributed by atoms with Crippen LogP contribution in [0.25, 0.3) is 5.65 Å². The molecule has 3 rings (SSSR count). The van der Waals surface area contributed by atoms with E-state index in [1.807, 2.05) is 55.5 Å². The molecule has 0 aliphatic rings. The van der Waals surface area contributed by atoms with Crippen molar-refractivity contribution >= 4 is 11.3 Å². The average Bonchev–Trinajstić information content (AvgIpc) is 2.96. The molecule has 0 amide bonds. The second kappa shape index (κ2) is 7.31. The summed E-state index contributed by atoms with van der Waals surface area (Å²) in [5.74, 6) is 0. The van der Waals surface area contributed by atoms with Crippen LogP contribution in [0.5, 0.6) is 0 Å². The summed E-state index contributed by atoms with van der Waals surface area (Å²) in [6.07, 6.45) is 2.55. The Labute approximate surface area is 140 Å². The highest BCUT2D eigenvalue weighted by atomic mass is 16.3. The Balaban J connectivity index is 1.85. The van der Waals surface area contributed by atoms with Gasteiger partial charge in [-0.2, -0.15) is 0 Å². The number of hydrogen-bond acceptors (Lipinski definition) is 4. The number of nitrogens with zero attached hydrogens (tertiary/aromatic N) is 4. The van der Waals surface area contributed by atoms with Gasteiger partial charge < -0.3 is 10.0 Å². The molecule has 126 valence electrons. The number of pyridine rings is 1. The molecule has 0 aliphatic heterocycles. The quantitative estimate of drug-likeness (QED) is 0.719. The first-order valence-corrected chi connectivity index (χ1v) is 8.21. The lowest BCUT2D eigenvalue weighted by atomic mass is 10.1. The Morgan fingerprint density at radius 3 is 2.58 bits per heavy atom. The van der Waals surface area contributed by atoms with Gasteiger partial charge in [-0.25, -0.2) is 9.48 Å². The summed E-state index contributed by atoms with van der Waals surface area (Å²) in [5.41, 5.74) is 1.54. The van der Waals surface area contributed by atoms with Crippen molar-refractivity contribution in [3.05, 3.63) is 65.2 Å². The van der Waals surface area contributed by atoms with Crippen molar-refractivity contribution in [2.45, 2.75) is 25.9 Å². The second-order valence-electron chi connectivity index (χ2n) is 5.71.